The minimum atomic E-state index is -0.163. The van der Waals surface area contributed by atoms with Gasteiger partial charge in [-0.05, 0) is 6.92 Å². The van der Waals surface area contributed by atoms with E-state index in [1.54, 1.807) is 11.8 Å². The topological polar surface area (TPSA) is 71.1 Å². The maximum Gasteiger partial charge on any atom is 0.237 e. The van der Waals surface area contributed by atoms with Gasteiger partial charge in [0.15, 0.2) is 0 Å². The average molecular weight is 287 g/mol. The fourth-order valence-corrected chi connectivity index (χ4v) is 1.42. The maximum atomic E-state index is 11.1. The highest BCUT2D eigenvalue weighted by Gasteiger charge is 2.05. The molecule has 20 heavy (non-hydrogen) atoms. The first-order chi connectivity index (χ1) is 9.52. The summed E-state index contributed by atoms with van der Waals surface area (Å²) in [4.78, 5) is 23.8. The number of carbonyl (C=O) groups excluding carboxylic acids is 2. The summed E-state index contributed by atoms with van der Waals surface area (Å²) >= 11 is 0. The van der Waals surface area contributed by atoms with Gasteiger partial charge in [-0.15, -0.1) is 0 Å². The zero-order chi connectivity index (χ0) is 15.4. The molecule has 0 spiro atoms. The van der Waals surface area contributed by atoms with Crippen LogP contribution < -0.4 is 5.43 Å². The van der Waals surface area contributed by atoms with Crippen molar-refractivity contribution >= 4 is 11.8 Å². The molecule has 0 heterocycles. The average Bonchev–Trinajstić information content (AvgIpc) is 2.40. The summed E-state index contributed by atoms with van der Waals surface area (Å²) in [6.45, 7) is 11.2. The van der Waals surface area contributed by atoms with Crippen LogP contribution in [0.15, 0.2) is 12.8 Å². The number of amides is 2. The number of likely N-dealkylation sites (N-methyl/N-ethyl adjacent to an activating group) is 1. The molecular formula is C13H25N3O4. The first kappa shape index (κ1) is 18.6. The van der Waals surface area contributed by atoms with E-state index in [1.165, 1.54) is 18.1 Å². The number of hydrogen-bond acceptors (Lipinski definition) is 5. The molecule has 0 aromatic carbocycles. The number of rotatable bonds is 11. The van der Waals surface area contributed by atoms with Crippen molar-refractivity contribution in [2.24, 2.45) is 0 Å². The minimum absolute atomic E-state index is 0.0466. The van der Waals surface area contributed by atoms with Gasteiger partial charge in [-0.25, -0.2) is 5.43 Å². The molecule has 0 fully saturated rings. The van der Waals surface area contributed by atoms with Gasteiger partial charge >= 0.3 is 0 Å². The van der Waals surface area contributed by atoms with Crippen LogP contribution in [0.2, 0.25) is 0 Å². The molecule has 2 amide bonds. The van der Waals surface area contributed by atoms with Gasteiger partial charge in [0.25, 0.3) is 0 Å². The van der Waals surface area contributed by atoms with E-state index in [2.05, 4.69) is 12.0 Å². The number of carbonyl (C=O) groups is 2. The van der Waals surface area contributed by atoms with Crippen molar-refractivity contribution in [1.82, 2.24) is 15.3 Å². The summed E-state index contributed by atoms with van der Waals surface area (Å²) in [6.07, 6.45) is 1.38. The molecule has 7 nitrogen and oxygen atoms in total. The van der Waals surface area contributed by atoms with Crippen LogP contribution in [0.4, 0.5) is 0 Å². The maximum absolute atomic E-state index is 11.1. The van der Waals surface area contributed by atoms with Crippen LogP contribution in [0.25, 0.3) is 0 Å². The van der Waals surface area contributed by atoms with Gasteiger partial charge in [-0.2, -0.15) is 0 Å². The number of hydrazine groups is 1. The van der Waals surface area contributed by atoms with Crippen LogP contribution in [0.5, 0.6) is 0 Å². The molecule has 0 unspecified atom stereocenters. The molecule has 0 saturated carbocycles. The molecule has 0 aliphatic carbocycles. The lowest BCUT2D eigenvalue weighted by Gasteiger charge is -2.19. The molecule has 0 bridgehead atoms. The molecule has 0 saturated heterocycles. The third-order valence-corrected chi connectivity index (χ3v) is 2.56. The van der Waals surface area contributed by atoms with Gasteiger partial charge in [-0.1, -0.05) is 6.58 Å². The van der Waals surface area contributed by atoms with Gasteiger partial charge in [0.1, 0.15) is 6.73 Å². The summed E-state index contributed by atoms with van der Waals surface area (Å²) in [5.41, 5.74) is 2.74. The van der Waals surface area contributed by atoms with E-state index >= 15 is 0 Å². The molecule has 116 valence electrons. The second-order valence-electron chi connectivity index (χ2n) is 3.99. The second-order valence-corrected chi connectivity index (χ2v) is 3.99. The van der Waals surface area contributed by atoms with Crippen LogP contribution in [0, 0.1) is 0 Å². The molecule has 0 aromatic rings. The minimum Gasteiger partial charge on any atom is -0.377 e. The molecule has 0 atom stereocenters. The summed E-state index contributed by atoms with van der Waals surface area (Å²) in [5.74, 6) is -0.117. The standard InChI is InChI=1S/C13H25N3O4/c1-5-15(12(3)17)7-8-19-9-10-20-11-14-16(6-2)13(4)18/h6,14H,2,5,7-11H2,1,3-4H3. The Hall–Kier alpha value is -1.44. The van der Waals surface area contributed by atoms with Gasteiger partial charge in [0.05, 0.1) is 19.8 Å². The first-order valence-corrected chi connectivity index (χ1v) is 6.59. The van der Waals surface area contributed by atoms with Crippen LogP contribution in [0.3, 0.4) is 0 Å². The lowest BCUT2D eigenvalue weighted by molar-refractivity contribution is -0.131. The molecule has 0 aliphatic rings. The highest BCUT2D eigenvalue weighted by Crippen LogP contribution is 1.89. The summed E-state index contributed by atoms with van der Waals surface area (Å²) in [7, 11) is 0. The van der Waals surface area contributed by atoms with Crippen molar-refractivity contribution in [1.29, 1.82) is 0 Å². The number of nitrogens with one attached hydrogen (secondary N) is 1. The number of hydrogen-bond donors (Lipinski definition) is 1. The normalized spacial score (nSPS) is 10.2. The van der Waals surface area contributed by atoms with Crippen LogP contribution in [0.1, 0.15) is 20.8 Å². The zero-order valence-electron chi connectivity index (χ0n) is 12.6. The highest BCUT2D eigenvalue weighted by molar-refractivity contribution is 5.73. The first-order valence-electron chi connectivity index (χ1n) is 6.59. The summed E-state index contributed by atoms with van der Waals surface area (Å²) in [6, 6.07) is 0. The SMILES string of the molecule is C=CN(NCOCCOCCN(CC)C(C)=O)C(C)=O. The Morgan fingerprint density at radius 2 is 1.80 bits per heavy atom. The van der Waals surface area contributed by atoms with Gasteiger partial charge in [0.2, 0.25) is 11.8 Å². The summed E-state index contributed by atoms with van der Waals surface area (Å²) < 4.78 is 10.6. The third kappa shape index (κ3) is 8.63. The van der Waals surface area contributed by atoms with Crippen molar-refractivity contribution in [2.45, 2.75) is 20.8 Å². The van der Waals surface area contributed by atoms with Crippen LogP contribution in [-0.4, -0.2) is 61.4 Å². The molecule has 0 radical (unpaired) electrons. The number of nitrogens with zero attached hydrogens (tertiary/aromatic N) is 2. The lowest BCUT2D eigenvalue weighted by Crippen LogP contribution is -2.38. The highest BCUT2D eigenvalue weighted by atomic mass is 16.5. The molecule has 1 N–H and O–H groups in total. The van der Waals surface area contributed by atoms with Crippen molar-refractivity contribution in [3.63, 3.8) is 0 Å². The van der Waals surface area contributed by atoms with E-state index in [9.17, 15) is 9.59 Å². The fraction of sp³-hybridized carbons (Fsp3) is 0.692. The Kier molecular flexibility index (Phi) is 10.6. The second kappa shape index (κ2) is 11.4. The van der Waals surface area contributed by atoms with E-state index in [-0.39, 0.29) is 18.5 Å². The molecule has 7 heteroatoms. The Labute approximate surface area is 120 Å². The van der Waals surface area contributed by atoms with Crippen molar-refractivity contribution in [3.8, 4) is 0 Å². The Balaban J connectivity index is 3.47. The Morgan fingerprint density at radius 1 is 1.15 bits per heavy atom. The van der Waals surface area contributed by atoms with E-state index in [0.29, 0.717) is 32.9 Å². The Bertz CT molecular complexity index is 310. The van der Waals surface area contributed by atoms with Crippen molar-refractivity contribution < 1.29 is 19.1 Å². The monoisotopic (exact) mass is 287 g/mol. The predicted molar refractivity (Wildman–Crippen MR) is 75.4 cm³/mol. The lowest BCUT2D eigenvalue weighted by atomic mass is 10.5. The van der Waals surface area contributed by atoms with E-state index in [0.717, 1.165) is 0 Å². The summed E-state index contributed by atoms with van der Waals surface area (Å²) in [5, 5.41) is 1.24. The van der Waals surface area contributed by atoms with Crippen LogP contribution in [-0.2, 0) is 19.1 Å². The van der Waals surface area contributed by atoms with E-state index < -0.39 is 0 Å². The quantitative estimate of drug-likeness (QED) is 0.337. The van der Waals surface area contributed by atoms with E-state index in [4.69, 9.17) is 9.47 Å². The van der Waals surface area contributed by atoms with Crippen molar-refractivity contribution in [2.75, 3.05) is 39.6 Å². The van der Waals surface area contributed by atoms with Gasteiger partial charge in [0, 0.05) is 33.1 Å². The van der Waals surface area contributed by atoms with Crippen molar-refractivity contribution in [3.05, 3.63) is 12.8 Å². The largest absolute Gasteiger partial charge is 0.377 e. The Morgan fingerprint density at radius 3 is 2.30 bits per heavy atom. The number of ether oxygens (including phenoxy) is 2. The van der Waals surface area contributed by atoms with Crippen LogP contribution >= 0.6 is 0 Å². The molecular weight excluding hydrogens is 262 g/mol. The van der Waals surface area contributed by atoms with Gasteiger partial charge < -0.3 is 14.4 Å². The predicted octanol–water partition coefficient (Wildman–Crippen LogP) is 0.342. The molecule has 0 aromatic heterocycles. The zero-order valence-corrected chi connectivity index (χ0v) is 12.6. The van der Waals surface area contributed by atoms with E-state index in [1.807, 2.05) is 6.92 Å². The molecule has 0 rings (SSSR count). The third-order valence-electron chi connectivity index (χ3n) is 2.56. The fourth-order valence-electron chi connectivity index (χ4n) is 1.42. The smallest absolute Gasteiger partial charge is 0.237 e. The molecule has 0 aliphatic heterocycles. The van der Waals surface area contributed by atoms with Gasteiger partial charge in [-0.3, -0.25) is 14.6 Å².